The van der Waals surface area contributed by atoms with Crippen molar-refractivity contribution in [2.45, 2.75) is 13.5 Å². The highest BCUT2D eigenvalue weighted by molar-refractivity contribution is 7.10. The number of methoxy groups -OCH3 is 1. The molecule has 0 fully saturated rings. The van der Waals surface area contributed by atoms with E-state index in [4.69, 9.17) is 15.2 Å². The number of anilines is 1. The van der Waals surface area contributed by atoms with Gasteiger partial charge in [0.15, 0.2) is 0 Å². The van der Waals surface area contributed by atoms with Gasteiger partial charge in [0.05, 0.1) is 12.8 Å². The van der Waals surface area contributed by atoms with Crippen LogP contribution in [0.25, 0.3) is 0 Å². The van der Waals surface area contributed by atoms with Crippen molar-refractivity contribution >= 4 is 22.5 Å². The summed E-state index contributed by atoms with van der Waals surface area (Å²) in [5.41, 5.74) is 7.53. The second kappa shape index (κ2) is 5.71. The molecule has 2 rings (SSSR count). The van der Waals surface area contributed by atoms with E-state index in [-0.39, 0.29) is 6.61 Å². The highest BCUT2D eigenvalue weighted by Gasteiger charge is 2.17. The summed E-state index contributed by atoms with van der Waals surface area (Å²) in [7, 11) is 1.60. The zero-order chi connectivity index (χ0) is 13.8. The van der Waals surface area contributed by atoms with Crippen molar-refractivity contribution in [1.82, 2.24) is 4.37 Å². The second-order valence-corrected chi connectivity index (χ2v) is 4.74. The van der Waals surface area contributed by atoms with Crippen LogP contribution in [0.1, 0.15) is 21.6 Å². The molecule has 2 aromatic rings. The molecule has 1 aromatic carbocycles. The van der Waals surface area contributed by atoms with Crippen LogP contribution in [0.3, 0.4) is 0 Å². The van der Waals surface area contributed by atoms with Crippen LogP contribution >= 0.6 is 11.5 Å². The summed E-state index contributed by atoms with van der Waals surface area (Å²) in [6, 6.07) is 7.31. The summed E-state index contributed by atoms with van der Waals surface area (Å²) in [6.07, 6.45) is 0. The number of nitrogen functional groups attached to an aromatic ring is 1. The predicted molar refractivity (Wildman–Crippen MR) is 73.4 cm³/mol. The van der Waals surface area contributed by atoms with Gasteiger partial charge in [0.2, 0.25) is 0 Å². The largest absolute Gasteiger partial charge is 0.497 e. The summed E-state index contributed by atoms with van der Waals surface area (Å²) < 4.78 is 14.3. The van der Waals surface area contributed by atoms with Gasteiger partial charge in [0, 0.05) is 0 Å². The van der Waals surface area contributed by atoms with E-state index in [1.807, 2.05) is 24.3 Å². The Bertz CT molecular complexity index is 559. The zero-order valence-electron chi connectivity index (χ0n) is 10.7. The van der Waals surface area contributed by atoms with Crippen molar-refractivity contribution in [1.29, 1.82) is 0 Å². The molecule has 1 heterocycles. The number of aryl methyl sites for hydroxylation is 1. The SMILES string of the molecule is COc1ccc(COC(=O)c2c(C)nsc2N)cc1. The fourth-order valence-electron chi connectivity index (χ4n) is 1.58. The number of carbonyl (C=O) groups is 1. The first-order chi connectivity index (χ1) is 9.11. The lowest BCUT2D eigenvalue weighted by Crippen LogP contribution is -2.08. The van der Waals surface area contributed by atoms with Gasteiger partial charge in [-0.3, -0.25) is 0 Å². The number of benzene rings is 1. The molecule has 0 unspecified atom stereocenters. The Hall–Kier alpha value is -2.08. The first kappa shape index (κ1) is 13.4. The van der Waals surface area contributed by atoms with Crippen LogP contribution in [0.15, 0.2) is 24.3 Å². The van der Waals surface area contributed by atoms with E-state index >= 15 is 0 Å². The van der Waals surface area contributed by atoms with Gasteiger partial charge in [-0.25, -0.2) is 4.79 Å². The summed E-state index contributed by atoms with van der Waals surface area (Å²) >= 11 is 1.10. The molecule has 0 spiro atoms. The molecule has 1 aromatic heterocycles. The fourth-order valence-corrected chi connectivity index (χ4v) is 2.23. The monoisotopic (exact) mass is 278 g/mol. The zero-order valence-corrected chi connectivity index (χ0v) is 11.5. The Labute approximate surface area is 115 Å². The lowest BCUT2D eigenvalue weighted by Gasteiger charge is -2.06. The number of aromatic nitrogens is 1. The quantitative estimate of drug-likeness (QED) is 0.869. The van der Waals surface area contributed by atoms with Crippen LogP contribution in [-0.2, 0) is 11.3 Å². The summed E-state index contributed by atoms with van der Waals surface area (Å²) in [5, 5.41) is 0.386. The maximum Gasteiger partial charge on any atom is 0.343 e. The molecule has 100 valence electrons. The van der Waals surface area contributed by atoms with Gasteiger partial charge in [-0.2, -0.15) is 4.37 Å². The van der Waals surface area contributed by atoms with E-state index < -0.39 is 5.97 Å². The molecule has 0 bridgehead atoms. The molecule has 2 N–H and O–H groups in total. The molecular weight excluding hydrogens is 264 g/mol. The molecule has 0 saturated carbocycles. The van der Waals surface area contributed by atoms with Crippen molar-refractivity contribution in [3.05, 3.63) is 41.1 Å². The van der Waals surface area contributed by atoms with Gasteiger partial charge in [-0.15, -0.1) is 0 Å². The standard InChI is InChI=1S/C13H14N2O3S/c1-8-11(12(14)19-15-8)13(16)18-7-9-3-5-10(17-2)6-4-9/h3-6H,7,14H2,1-2H3. The van der Waals surface area contributed by atoms with Crippen LogP contribution < -0.4 is 10.5 Å². The van der Waals surface area contributed by atoms with Gasteiger partial charge in [-0.05, 0) is 36.2 Å². The van der Waals surface area contributed by atoms with E-state index in [2.05, 4.69) is 4.37 Å². The Morgan fingerprint density at radius 1 is 1.37 bits per heavy atom. The smallest absolute Gasteiger partial charge is 0.343 e. The van der Waals surface area contributed by atoms with Gasteiger partial charge < -0.3 is 15.2 Å². The summed E-state index contributed by atoms with van der Waals surface area (Å²) in [4.78, 5) is 11.9. The first-order valence-electron chi connectivity index (χ1n) is 5.63. The third-order valence-electron chi connectivity index (χ3n) is 2.62. The minimum atomic E-state index is -0.445. The Balaban J connectivity index is 2.00. The average molecular weight is 278 g/mol. The van der Waals surface area contributed by atoms with E-state index in [0.29, 0.717) is 16.3 Å². The minimum absolute atomic E-state index is 0.192. The first-order valence-corrected chi connectivity index (χ1v) is 6.41. The number of rotatable bonds is 4. The third kappa shape index (κ3) is 3.03. The van der Waals surface area contributed by atoms with Crippen molar-refractivity contribution in [2.24, 2.45) is 0 Å². The van der Waals surface area contributed by atoms with Crippen molar-refractivity contribution in [3.8, 4) is 5.75 Å². The second-order valence-electron chi connectivity index (χ2n) is 3.93. The van der Waals surface area contributed by atoms with Crippen LogP contribution in [0.2, 0.25) is 0 Å². The highest BCUT2D eigenvalue weighted by atomic mass is 32.1. The number of nitrogens with two attached hydrogens (primary N) is 1. The number of hydrogen-bond acceptors (Lipinski definition) is 6. The predicted octanol–water partition coefficient (Wildman–Crippen LogP) is 2.40. The van der Waals surface area contributed by atoms with Crippen molar-refractivity contribution in [2.75, 3.05) is 12.8 Å². The summed E-state index contributed by atoms with van der Waals surface area (Å²) in [5.74, 6) is 0.316. The molecule has 0 amide bonds. The van der Waals surface area contributed by atoms with Crippen molar-refractivity contribution in [3.63, 3.8) is 0 Å². The molecule has 0 radical (unpaired) electrons. The van der Waals surface area contributed by atoms with E-state index in [0.717, 1.165) is 22.8 Å². The Morgan fingerprint density at radius 3 is 2.58 bits per heavy atom. The number of ether oxygens (including phenoxy) is 2. The topological polar surface area (TPSA) is 74.4 Å². The minimum Gasteiger partial charge on any atom is -0.497 e. The van der Waals surface area contributed by atoms with Crippen LogP contribution in [0.4, 0.5) is 5.00 Å². The highest BCUT2D eigenvalue weighted by Crippen LogP contribution is 2.22. The van der Waals surface area contributed by atoms with Crippen molar-refractivity contribution < 1.29 is 14.3 Å². The third-order valence-corrected chi connectivity index (χ3v) is 3.39. The van der Waals surface area contributed by atoms with E-state index in [1.165, 1.54) is 0 Å². The Kier molecular flexibility index (Phi) is 4.01. The van der Waals surface area contributed by atoms with E-state index in [9.17, 15) is 4.79 Å². The van der Waals surface area contributed by atoms with Crippen LogP contribution in [0.5, 0.6) is 5.75 Å². The van der Waals surface area contributed by atoms with Crippen LogP contribution in [-0.4, -0.2) is 17.5 Å². The number of esters is 1. The molecule has 0 atom stereocenters. The van der Waals surface area contributed by atoms with Gasteiger partial charge >= 0.3 is 5.97 Å². The van der Waals surface area contributed by atoms with E-state index in [1.54, 1.807) is 14.0 Å². The van der Waals surface area contributed by atoms with Gasteiger partial charge in [0.1, 0.15) is 22.9 Å². The maximum atomic E-state index is 11.9. The maximum absolute atomic E-state index is 11.9. The summed E-state index contributed by atoms with van der Waals surface area (Å²) in [6.45, 7) is 1.92. The lowest BCUT2D eigenvalue weighted by molar-refractivity contribution is 0.0473. The molecule has 6 heteroatoms. The molecular formula is C13H14N2O3S. The Morgan fingerprint density at radius 2 is 2.05 bits per heavy atom. The molecule has 5 nitrogen and oxygen atoms in total. The molecule has 19 heavy (non-hydrogen) atoms. The van der Waals surface area contributed by atoms with Gasteiger partial charge in [-0.1, -0.05) is 12.1 Å². The number of hydrogen-bond donors (Lipinski definition) is 1. The number of nitrogens with zero attached hydrogens (tertiary/aromatic N) is 1. The molecule has 0 saturated heterocycles. The van der Waals surface area contributed by atoms with Gasteiger partial charge in [0.25, 0.3) is 0 Å². The molecule has 0 aliphatic carbocycles. The number of carbonyl (C=O) groups excluding carboxylic acids is 1. The van der Waals surface area contributed by atoms with Crippen LogP contribution in [0, 0.1) is 6.92 Å². The molecule has 0 aliphatic rings. The normalized spacial score (nSPS) is 10.2. The average Bonchev–Trinajstić information content (AvgIpc) is 2.76. The molecule has 0 aliphatic heterocycles. The lowest BCUT2D eigenvalue weighted by atomic mass is 10.2. The fraction of sp³-hybridized carbons (Fsp3) is 0.231.